The highest BCUT2D eigenvalue weighted by atomic mass is 32.2. The highest BCUT2D eigenvalue weighted by Crippen LogP contribution is 2.23. The van der Waals surface area contributed by atoms with Gasteiger partial charge in [0.1, 0.15) is 11.5 Å². The van der Waals surface area contributed by atoms with E-state index in [0.29, 0.717) is 40.5 Å². The Balaban J connectivity index is 1.50. The van der Waals surface area contributed by atoms with Crippen LogP contribution in [-0.2, 0) is 11.2 Å². The second-order valence-electron chi connectivity index (χ2n) is 7.49. The van der Waals surface area contributed by atoms with Gasteiger partial charge in [-0.3, -0.25) is 14.2 Å². The average molecular weight is 476 g/mol. The quantitative estimate of drug-likeness (QED) is 0.293. The van der Waals surface area contributed by atoms with E-state index >= 15 is 0 Å². The fourth-order valence-corrected chi connectivity index (χ4v) is 4.35. The van der Waals surface area contributed by atoms with E-state index < -0.39 is 0 Å². The van der Waals surface area contributed by atoms with Crippen molar-refractivity contribution in [1.29, 1.82) is 0 Å². The Labute approximate surface area is 201 Å². The van der Waals surface area contributed by atoms with Crippen molar-refractivity contribution in [2.75, 3.05) is 26.5 Å². The topological polar surface area (TPSA) is 82.5 Å². The number of nitrogens with zero attached hydrogens (tertiary/aromatic N) is 2. The number of thioether (sulfide) groups is 1. The summed E-state index contributed by atoms with van der Waals surface area (Å²) in [5, 5.41) is 3.89. The molecule has 0 aliphatic heterocycles. The minimum atomic E-state index is -0.193. The second kappa shape index (κ2) is 10.9. The van der Waals surface area contributed by atoms with Gasteiger partial charge in [0.15, 0.2) is 5.16 Å². The Bertz CT molecular complexity index is 1350. The molecule has 0 fully saturated rings. The summed E-state index contributed by atoms with van der Waals surface area (Å²) in [5.74, 6) is 1.44. The van der Waals surface area contributed by atoms with Gasteiger partial charge in [-0.25, -0.2) is 4.98 Å². The summed E-state index contributed by atoms with van der Waals surface area (Å²) in [6, 6.07) is 22.2. The lowest BCUT2D eigenvalue weighted by Crippen LogP contribution is -2.28. The zero-order valence-corrected chi connectivity index (χ0v) is 19.8. The highest BCUT2D eigenvalue weighted by molar-refractivity contribution is 7.99. The lowest BCUT2D eigenvalue weighted by Gasteiger charge is -2.14. The first kappa shape index (κ1) is 23.4. The molecule has 4 aromatic rings. The molecular formula is C26H25N3O4S. The van der Waals surface area contributed by atoms with E-state index in [4.69, 9.17) is 9.47 Å². The molecule has 0 aliphatic rings. The third kappa shape index (κ3) is 5.40. The molecule has 1 heterocycles. The van der Waals surface area contributed by atoms with E-state index in [0.717, 1.165) is 11.3 Å². The number of hydrogen-bond donors (Lipinski definition) is 1. The predicted molar refractivity (Wildman–Crippen MR) is 134 cm³/mol. The minimum Gasteiger partial charge on any atom is -0.497 e. The summed E-state index contributed by atoms with van der Waals surface area (Å²) in [6.07, 6.45) is 0.711. The molecule has 4 rings (SSSR count). The van der Waals surface area contributed by atoms with Crippen LogP contribution in [0, 0.1) is 0 Å². The van der Waals surface area contributed by atoms with Crippen LogP contribution in [0.5, 0.6) is 11.5 Å². The summed E-state index contributed by atoms with van der Waals surface area (Å²) in [5.41, 5.74) is 2.14. The number of benzene rings is 3. The van der Waals surface area contributed by atoms with Gasteiger partial charge < -0.3 is 14.8 Å². The van der Waals surface area contributed by atoms with E-state index in [1.54, 1.807) is 32.4 Å². The van der Waals surface area contributed by atoms with Crippen LogP contribution >= 0.6 is 11.8 Å². The molecule has 0 unspecified atom stereocenters. The zero-order valence-electron chi connectivity index (χ0n) is 19.0. The van der Waals surface area contributed by atoms with Crippen LogP contribution in [0.2, 0.25) is 0 Å². The zero-order chi connectivity index (χ0) is 23.9. The van der Waals surface area contributed by atoms with E-state index in [1.165, 1.54) is 16.3 Å². The van der Waals surface area contributed by atoms with Gasteiger partial charge >= 0.3 is 0 Å². The van der Waals surface area contributed by atoms with E-state index in [9.17, 15) is 9.59 Å². The molecule has 0 spiro atoms. The van der Waals surface area contributed by atoms with Gasteiger partial charge in [0.25, 0.3) is 5.56 Å². The maximum absolute atomic E-state index is 13.3. The summed E-state index contributed by atoms with van der Waals surface area (Å²) in [6.45, 7) is 0.513. The molecule has 7 nitrogen and oxygen atoms in total. The van der Waals surface area contributed by atoms with Gasteiger partial charge in [-0.1, -0.05) is 42.1 Å². The first-order valence-electron chi connectivity index (χ1n) is 10.8. The molecule has 0 bridgehead atoms. The maximum Gasteiger partial charge on any atom is 0.266 e. The van der Waals surface area contributed by atoms with Crippen LogP contribution in [0.15, 0.2) is 82.7 Å². The van der Waals surface area contributed by atoms with Crippen molar-refractivity contribution in [3.8, 4) is 17.2 Å². The van der Waals surface area contributed by atoms with Gasteiger partial charge in [-0.15, -0.1) is 0 Å². The number of hydrogen-bond acceptors (Lipinski definition) is 6. The van der Waals surface area contributed by atoms with Gasteiger partial charge in [0.05, 0.1) is 36.6 Å². The summed E-state index contributed by atoms with van der Waals surface area (Å²) < 4.78 is 12.0. The fourth-order valence-electron chi connectivity index (χ4n) is 3.51. The van der Waals surface area contributed by atoms with E-state index in [1.807, 2.05) is 54.6 Å². The summed E-state index contributed by atoms with van der Waals surface area (Å²) in [4.78, 5) is 30.5. The van der Waals surface area contributed by atoms with Gasteiger partial charge in [-0.2, -0.15) is 0 Å². The Morgan fingerprint density at radius 2 is 1.74 bits per heavy atom. The summed E-state index contributed by atoms with van der Waals surface area (Å²) in [7, 11) is 3.21. The van der Waals surface area contributed by atoms with Crippen molar-refractivity contribution in [2.45, 2.75) is 11.6 Å². The maximum atomic E-state index is 13.3. The smallest absolute Gasteiger partial charge is 0.266 e. The fraction of sp³-hybridized carbons (Fsp3) is 0.192. The molecule has 0 radical (unpaired) electrons. The molecule has 0 saturated heterocycles. The molecule has 3 aromatic carbocycles. The molecule has 0 aliphatic carbocycles. The first-order valence-corrected chi connectivity index (χ1v) is 11.8. The molecule has 8 heteroatoms. The minimum absolute atomic E-state index is 0.127. The monoisotopic (exact) mass is 475 g/mol. The molecule has 1 aromatic heterocycles. The first-order chi connectivity index (χ1) is 16.6. The number of amides is 1. The van der Waals surface area contributed by atoms with Gasteiger partial charge in [-0.05, 0) is 48.4 Å². The van der Waals surface area contributed by atoms with Crippen molar-refractivity contribution >= 4 is 28.6 Å². The van der Waals surface area contributed by atoms with Crippen molar-refractivity contribution in [3.63, 3.8) is 0 Å². The molecule has 34 heavy (non-hydrogen) atoms. The van der Waals surface area contributed by atoms with Crippen LogP contribution in [-0.4, -0.2) is 42.0 Å². The van der Waals surface area contributed by atoms with Crippen LogP contribution < -0.4 is 20.3 Å². The summed E-state index contributed by atoms with van der Waals surface area (Å²) >= 11 is 1.23. The number of carbonyl (C=O) groups excluding carboxylic acids is 1. The molecule has 1 N–H and O–H groups in total. The van der Waals surface area contributed by atoms with E-state index in [2.05, 4.69) is 10.3 Å². The predicted octanol–water partition coefficient (Wildman–Crippen LogP) is 3.85. The Morgan fingerprint density at radius 3 is 2.50 bits per heavy atom. The molecular weight excluding hydrogens is 450 g/mol. The number of methoxy groups -OCH3 is 2. The number of nitrogens with one attached hydrogen (secondary N) is 1. The van der Waals surface area contributed by atoms with Crippen LogP contribution in [0.3, 0.4) is 0 Å². The van der Waals surface area contributed by atoms with Crippen LogP contribution in [0.1, 0.15) is 5.56 Å². The van der Waals surface area contributed by atoms with Crippen molar-refractivity contribution in [3.05, 3.63) is 88.7 Å². The number of para-hydroxylation sites is 1. The standard InChI is InChI=1S/C26H25N3O4S/c1-32-20-12-10-18(11-13-20)14-15-27-24(30)17-34-26-28-23-9-4-3-8-22(23)25(31)29(26)19-6-5-7-21(16-19)33-2/h3-13,16H,14-15,17H2,1-2H3,(H,27,30). The lowest BCUT2D eigenvalue weighted by molar-refractivity contribution is -0.118. The van der Waals surface area contributed by atoms with Crippen molar-refractivity contribution in [1.82, 2.24) is 14.9 Å². The molecule has 0 saturated carbocycles. The van der Waals surface area contributed by atoms with Crippen molar-refractivity contribution < 1.29 is 14.3 Å². The molecule has 1 amide bonds. The van der Waals surface area contributed by atoms with Crippen LogP contribution in [0.25, 0.3) is 16.6 Å². The number of carbonyl (C=O) groups is 1. The van der Waals surface area contributed by atoms with Crippen molar-refractivity contribution in [2.24, 2.45) is 0 Å². The lowest BCUT2D eigenvalue weighted by atomic mass is 10.1. The van der Waals surface area contributed by atoms with E-state index in [-0.39, 0.29) is 17.2 Å². The van der Waals surface area contributed by atoms with Gasteiger partial charge in [0, 0.05) is 12.6 Å². The van der Waals surface area contributed by atoms with Crippen LogP contribution in [0.4, 0.5) is 0 Å². The Kier molecular flexibility index (Phi) is 7.49. The largest absolute Gasteiger partial charge is 0.497 e. The third-order valence-corrected chi connectivity index (χ3v) is 6.22. The highest BCUT2D eigenvalue weighted by Gasteiger charge is 2.15. The second-order valence-corrected chi connectivity index (χ2v) is 8.43. The molecule has 0 atom stereocenters. The van der Waals surface area contributed by atoms with Gasteiger partial charge in [0.2, 0.25) is 5.91 Å². The SMILES string of the molecule is COc1ccc(CCNC(=O)CSc2nc3ccccc3c(=O)n2-c2cccc(OC)c2)cc1. The number of rotatable bonds is 9. The Morgan fingerprint density at radius 1 is 0.971 bits per heavy atom. The third-order valence-electron chi connectivity index (χ3n) is 5.28. The number of ether oxygens (including phenoxy) is 2. The molecule has 174 valence electrons. The number of aromatic nitrogens is 2. The number of fused-ring (bicyclic) bond motifs is 1. The average Bonchev–Trinajstić information content (AvgIpc) is 2.88. The normalized spacial score (nSPS) is 10.8. The Hall–Kier alpha value is -3.78.